The second kappa shape index (κ2) is 15.1. The van der Waals surface area contributed by atoms with Crippen LogP contribution in [0.5, 0.6) is 17.4 Å². The number of likely N-dealkylation sites (N-methyl/N-ethyl adjacent to an activating group) is 1. The molecule has 12 heteroatoms. The summed E-state index contributed by atoms with van der Waals surface area (Å²) in [4.78, 5) is 23.4. The lowest BCUT2D eigenvalue weighted by atomic mass is 10.1. The van der Waals surface area contributed by atoms with Gasteiger partial charge < -0.3 is 34.3 Å². The molecule has 2 amide bonds. The summed E-state index contributed by atoms with van der Waals surface area (Å²) in [6, 6.07) is 15.1. The highest BCUT2D eigenvalue weighted by Gasteiger charge is 2.24. The van der Waals surface area contributed by atoms with Crippen LogP contribution in [0.2, 0.25) is 25.7 Å². The number of amides is 2. The molecule has 0 bridgehead atoms. The fraction of sp³-hybridized carbons (Fsp3) is 0.441. The van der Waals surface area contributed by atoms with E-state index in [9.17, 15) is 9.18 Å². The molecule has 4 aromatic rings. The van der Waals surface area contributed by atoms with Gasteiger partial charge in [0.1, 0.15) is 42.6 Å². The van der Waals surface area contributed by atoms with Crippen LogP contribution in [-0.2, 0) is 11.5 Å². The van der Waals surface area contributed by atoms with Crippen LogP contribution in [0.4, 0.5) is 14.9 Å². The maximum atomic E-state index is 14.9. The number of halogens is 1. The molecule has 0 atom stereocenters. The maximum Gasteiger partial charge on any atom is 0.319 e. The zero-order chi connectivity index (χ0) is 32.7. The first-order chi connectivity index (χ1) is 22.1. The fourth-order valence-corrected chi connectivity index (χ4v) is 5.68. The number of hydrogen-bond acceptors (Lipinski definition) is 7. The first-order valence-electron chi connectivity index (χ1n) is 16.1. The second-order valence-electron chi connectivity index (χ2n) is 12.7. The zero-order valence-corrected chi connectivity index (χ0v) is 28.4. The number of nitrogens with one attached hydrogen (secondary N) is 2. The number of hydrogen-bond donors (Lipinski definition) is 2. The Labute approximate surface area is 271 Å². The summed E-state index contributed by atoms with van der Waals surface area (Å²) in [6.07, 6.45) is 3.32. The van der Waals surface area contributed by atoms with Gasteiger partial charge in [0.2, 0.25) is 5.88 Å². The van der Waals surface area contributed by atoms with E-state index < -0.39 is 19.9 Å². The van der Waals surface area contributed by atoms with E-state index in [1.807, 2.05) is 34.9 Å². The SMILES string of the molecule is CCN(CC)CCOc1ccc(-c2cc3c(Oc4ccc(NC(=O)NC5CC5)c(F)c4)ncnc3n2COCC[Si](C)(C)C)cc1. The van der Waals surface area contributed by atoms with Gasteiger partial charge in [0.05, 0.1) is 16.8 Å². The van der Waals surface area contributed by atoms with Crippen molar-refractivity contribution in [2.45, 2.75) is 65.1 Å². The van der Waals surface area contributed by atoms with E-state index in [2.05, 4.69) is 59.0 Å². The van der Waals surface area contributed by atoms with Crippen LogP contribution >= 0.6 is 0 Å². The molecule has 2 N–H and O–H groups in total. The van der Waals surface area contributed by atoms with E-state index in [0.717, 1.165) is 55.5 Å². The monoisotopic (exact) mass is 648 g/mol. The number of rotatable bonds is 16. The molecule has 0 unspecified atom stereocenters. The lowest BCUT2D eigenvalue weighted by molar-refractivity contribution is 0.0909. The van der Waals surface area contributed by atoms with Gasteiger partial charge in [-0.2, -0.15) is 0 Å². The first-order valence-corrected chi connectivity index (χ1v) is 19.8. The Balaban J connectivity index is 1.37. The second-order valence-corrected chi connectivity index (χ2v) is 18.4. The summed E-state index contributed by atoms with van der Waals surface area (Å²) in [6.45, 7) is 15.7. The van der Waals surface area contributed by atoms with Crippen molar-refractivity contribution in [3.63, 3.8) is 0 Å². The van der Waals surface area contributed by atoms with Crippen molar-refractivity contribution in [1.29, 1.82) is 0 Å². The first kappa shape index (κ1) is 33.4. The molecule has 0 spiro atoms. The van der Waals surface area contributed by atoms with Gasteiger partial charge in [-0.3, -0.25) is 0 Å². The van der Waals surface area contributed by atoms with Gasteiger partial charge in [0.15, 0.2) is 0 Å². The minimum Gasteiger partial charge on any atom is -0.492 e. The minimum atomic E-state index is -1.27. The van der Waals surface area contributed by atoms with Crippen LogP contribution in [0.25, 0.3) is 22.3 Å². The Morgan fingerprint density at radius 3 is 2.43 bits per heavy atom. The molecular weight excluding hydrogens is 603 g/mol. The Bertz CT molecular complexity index is 1620. The van der Waals surface area contributed by atoms with Crippen molar-refractivity contribution in [2.24, 2.45) is 0 Å². The molecule has 1 fully saturated rings. The van der Waals surface area contributed by atoms with E-state index in [4.69, 9.17) is 14.2 Å². The lowest BCUT2D eigenvalue weighted by Gasteiger charge is -2.18. The average molecular weight is 649 g/mol. The van der Waals surface area contributed by atoms with Gasteiger partial charge in [-0.15, -0.1) is 0 Å². The van der Waals surface area contributed by atoms with Gasteiger partial charge in [-0.05, 0) is 80.0 Å². The van der Waals surface area contributed by atoms with Crippen LogP contribution in [-0.4, -0.2) is 72.4 Å². The number of carbonyl (C=O) groups excluding carboxylic acids is 1. The number of urea groups is 1. The van der Waals surface area contributed by atoms with E-state index in [1.54, 1.807) is 6.07 Å². The highest BCUT2D eigenvalue weighted by atomic mass is 28.3. The van der Waals surface area contributed by atoms with Gasteiger partial charge in [0, 0.05) is 33.3 Å². The highest BCUT2D eigenvalue weighted by Crippen LogP contribution is 2.35. The minimum absolute atomic E-state index is 0.0720. The van der Waals surface area contributed by atoms with Crippen LogP contribution in [0.15, 0.2) is 54.9 Å². The maximum absolute atomic E-state index is 14.9. The average Bonchev–Trinajstić information content (AvgIpc) is 3.76. The Morgan fingerprint density at radius 1 is 1.02 bits per heavy atom. The third-order valence-electron chi connectivity index (χ3n) is 7.91. The number of benzene rings is 2. The molecule has 2 aromatic carbocycles. The standard InChI is InChI=1S/C34H45FN6O4Si/c1-6-40(7-2)16-17-44-26-12-8-24(9-13-26)31-21-28-32(41(31)23-43-18-19-46(3,4)5)36-22-37-33(28)45-27-14-15-30(29(35)20-27)39-34(42)38-25-10-11-25/h8-9,12-15,20-22,25H,6-7,10-11,16-19,23H2,1-5H3,(H2,38,39,42). The van der Waals surface area contributed by atoms with E-state index >= 15 is 0 Å². The van der Waals surface area contributed by atoms with Gasteiger partial charge in [-0.1, -0.05) is 33.5 Å². The summed E-state index contributed by atoms with van der Waals surface area (Å²) >= 11 is 0. The smallest absolute Gasteiger partial charge is 0.319 e. The Hall–Kier alpha value is -4.00. The molecule has 2 heterocycles. The third-order valence-corrected chi connectivity index (χ3v) is 9.61. The highest BCUT2D eigenvalue weighted by molar-refractivity contribution is 6.76. The van der Waals surface area contributed by atoms with E-state index in [-0.39, 0.29) is 23.4 Å². The molecule has 1 saturated carbocycles. The van der Waals surface area contributed by atoms with Gasteiger partial charge in [0.25, 0.3) is 0 Å². The van der Waals surface area contributed by atoms with Crippen molar-refractivity contribution in [2.75, 3.05) is 38.2 Å². The number of ether oxygens (including phenoxy) is 3. The largest absolute Gasteiger partial charge is 0.492 e. The Morgan fingerprint density at radius 2 is 1.76 bits per heavy atom. The van der Waals surface area contributed by atoms with Crippen LogP contribution in [0.3, 0.4) is 0 Å². The van der Waals surface area contributed by atoms with Crippen molar-refractivity contribution in [1.82, 2.24) is 24.8 Å². The van der Waals surface area contributed by atoms with Crippen LogP contribution < -0.4 is 20.1 Å². The molecule has 0 radical (unpaired) electrons. The fourth-order valence-electron chi connectivity index (χ4n) is 4.92. The molecule has 1 aliphatic rings. The molecule has 10 nitrogen and oxygen atoms in total. The van der Waals surface area contributed by atoms with Crippen LogP contribution in [0.1, 0.15) is 26.7 Å². The molecule has 46 heavy (non-hydrogen) atoms. The molecule has 246 valence electrons. The summed E-state index contributed by atoms with van der Waals surface area (Å²) in [7, 11) is -1.27. The topological polar surface area (TPSA) is 103 Å². The van der Waals surface area contributed by atoms with Crippen molar-refractivity contribution in [3.05, 3.63) is 60.7 Å². The third kappa shape index (κ3) is 9.05. The van der Waals surface area contributed by atoms with Crippen LogP contribution in [0, 0.1) is 5.82 Å². The predicted molar refractivity (Wildman–Crippen MR) is 182 cm³/mol. The number of aromatic nitrogens is 3. The summed E-state index contributed by atoms with van der Waals surface area (Å²) < 4.78 is 35.2. The Kier molecular flexibility index (Phi) is 10.9. The number of carbonyl (C=O) groups is 1. The summed E-state index contributed by atoms with van der Waals surface area (Å²) in [5.74, 6) is 0.730. The molecule has 2 aromatic heterocycles. The van der Waals surface area contributed by atoms with E-state index in [1.165, 1.54) is 18.5 Å². The van der Waals surface area contributed by atoms with E-state index in [0.29, 0.717) is 31.0 Å². The van der Waals surface area contributed by atoms with Gasteiger partial charge >= 0.3 is 6.03 Å². The van der Waals surface area contributed by atoms with Gasteiger partial charge in [-0.25, -0.2) is 19.2 Å². The normalized spacial score (nSPS) is 13.3. The quantitative estimate of drug-likeness (QED) is 0.0968. The van der Waals surface area contributed by atoms with Crippen molar-refractivity contribution >= 4 is 30.8 Å². The lowest BCUT2D eigenvalue weighted by Crippen LogP contribution is -2.30. The predicted octanol–water partition coefficient (Wildman–Crippen LogP) is 7.35. The zero-order valence-electron chi connectivity index (χ0n) is 27.4. The number of fused-ring (bicyclic) bond motifs is 1. The molecule has 5 rings (SSSR count). The number of nitrogens with zero attached hydrogens (tertiary/aromatic N) is 4. The molecule has 0 saturated heterocycles. The summed E-state index contributed by atoms with van der Waals surface area (Å²) in [5, 5.41) is 6.01. The number of anilines is 1. The molecule has 0 aliphatic heterocycles. The van der Waals surface area contributed by atoms with Crippen molar-refractivity contribution in [3.8, 4) is 28.6 Å². The molecular formula is C34H45FN6O4Si. The van der Waals surface area contributed by atoms with Crippen molar-refractivity contribution < 1.29 is 23.4 Å². The molecule has 1 aliphatic carbocycles. The summed E-state index contributed by atoms with van der Waals surface area (Å²) in [5.41, 5.74) is 2.56.